The first kappa shape index (κ1) is 12.0. The van der Waals surface area contributed by atoms with E-state index in [0.717, 1.165) is 16.5 Å². The molecule has 3 rings (SSSR count). The van der Waals surface area contributed by atoms with Crippen LogP contribution in [0.5, 0.6) is 0 Å². The molecule has 96 valence electrons. The molecule has 0 aliphatic heterocycles. The van der Waals surface area contributed by atoms with Gasteiger partial charge in [0.05, 0.1) is 11.6 Å². The molecule has 0 bridgehead atoms. The molecule has 2 aromatic rings. The van der Waals surface area contributed by atoms with E-state index in [1.54, 1.807) is 0 Å². The largest absolute Gasteiger partial charge is 0.387 e. The van der Waals surface area contributed by atoms with Crippen LogP contribution in [0, 0.1) is 5.92 Å². The van der Waals surface area contributed by atoms with Gasteiger partial charge >= 0.3 is 0 Å². The molecule has 1 aliphatic carbocycles. The minimum atomic E-state index is -0.524. The Hall–Kier alpha value is -1.03. The first-order valence-electron chi connectivity index (χ1n) is 6.37. The highest BCUT2D eigenvalue weighted by atomic mass is 35.5. The van der Waals surface area contributed by atoms with Crippen LogP contribution >= 0.6 is 11.6 Å². The minimum Gasteiger partial charge on any atom is -0.387 e. The Morgan fingerprint density at radius 3 is 3.00 bits per heavy atom. The van der Waals surface area contributed by atoms with Crippen LogP contribution in [-0.4, -0.2) is 22.1 Å². The molecular formula is C14H17ClN2O. The van der Waals surface area contributed by atoms with E-state index in [4.69, 9.17) is 11.6 Å². The number of aromatic amines is 1. The third kappa shape index (κ3) is 2.39. The molecule has 0 spiro atoms. The lowest BCUT2D eigenvalue weighted by molar-refractivity contribution is 0.174. The van der Waals surface area contributed by atoms with E-state index in [1.807, 2.05) is 30.5 Å². The molecule has 1 aliphatic rings. The first-order valence-corrected chi connectivity index (χ1v) is 6.81. The van der Waals surface area contributed by atoms with Gasteiger partial charge in [-0.1, -0.05) is 12.1 Å². The highest BCUT2D eigenvalue weighted by molar-refractivity contribution is 6.20. The molecule has 2 atom stereocenters. The number of benzene rings is 1. The van der Waals surface area contributed by atoms with Crippen molar-refractivity contribution in [1.82, 2.24) is 10.3 Å². The molecule has 3 nitrogen and oxygen atoms in total. The predicted octanol–water partition coefficient (Wildman–Crippen LogP) is 2.77. The zero-order valence-corrected chi connectivity index (χ0v) is 10.8. The fourth-order valence-corrected chi connectivity index (χ4v) is 2.63. The predicted molar refractivity (Wildman–Crippen MR) is 73.6 cm³/mol. The molecular weight excluding hydrogens is 248 g/mol. The molecule has 3 N–H and O–H groups in total. The van der Waals surface area contributed by atoms with Crippen LogP contribution in [0.3, 0.4) is 0 Å². The Morgan fingerprint density at radius 2 is 2.22 bits per heavy atom. The van der Waals surface area contributed by atoms with E-state index in [-0.39, 0.29) is 5.50 Å². The van der Waals surface area contributed by atoms with Crippen molar-refractivity contribution in [3.8, 4) is 0 Å². The number of alkyl halides is 1. The minimum absolute atomic E-state index is 0.00919. The number of halogens is 1. The Bertz CT molecular complexity index is 535. The third-order valence-corrected chi connectivity index (χ3v) is 4.04. The van der Waals surface area contributed by atoms with Gasteiger partial charge in [-0.25, -0.2) is 0 Å². The molecule has 1 aromatic heterocycles. The summed E-state index contributed by atoms with van der Waals surface area (Å²) in [5.74, 6) is 0.585. The highest BCUT2D eigenvalue weighted by Gasteiger charge is 2.29. The van der Waals surface area contributed by atoms with E-state index in [2.05, 4.69) is 10.3 Å². The fraction of sp³-hybridized carbons (Fsp3) is 0.429. The summed E-state index contributed by atoms with van der Waals surface area (Å²) in [4.78, 5) is 3.15. The second kappa shape index (κ2) is 4.92. The quantitative estimate of drug-likeness (QED) is 0.575. The van der Waals surface area contributed by atoms with Crippen LogP contribution in [0.25, 0.3) is 10.9 Å². The topological polar surface area (TPSA) is 48.0 Å². The zero-order valence-electron chi connectivity index (χ0n) is 10.1. The van der Waals surface area contributed by atoms with Crippen molar-refractivity contribution in [2.24, 2.45) is 5.92 Å². The second-order valence-electron chi connectivity index (χ2n) is 4.95. The van der Waals surface area contributed by atoms with Crippen molar-refractivity contribution in [2.75, 3.05) is 6.54 Å². The number of aliphatic hydroxyl groups excluding tert-OH is 1. The number of rotatable bonds is 5. The van der Waals surface area contributed by atoms with Gasteiger partial charge in [0, 0.05) is 23.6 Å². The Morgan fingerprint density at radius 1 is 1.39 bits per heavy atom. The molecule has 0 saturated heterocycles. The number of hydrogen-bond donors (Lipinski definition) is 3. The highest BCUT2D eigenvalue weighted by Crippen LogP contribution is 2.34. The molecule has 1 saturated carbocycles. The van der Waals surface area contributed by atoms with Crippen molar-refractivity contribution in [3.63, 3.8) is 0 Å². The van der Waals surface area contributed by atoms with Gasteiger partial charge in [-0.15, -0.1) is 11.6 Å². The number of hydrogen-bond acceptors (Lipinski definition) is 2. The van der Waals surface area contributed by atoms with Gasteiger partial charge in [-0.3, -0.25) is 5.32 Å². The maximum absolute atomic E-state index is 10.3. The zero-order chi connectivity index (χ0) is 12.5. The molecule has 1 fully saturated rings. The van der Waals surface area contributed by atoms with Crippen molar-refractivity contribution in [1.29, 1.82) is 0 Å². The summed E-state index contributed by atoms with van der Waals surface area (Å²) >= 11 is 6.18. The SMILES string of the molecule is OC(CNC(Cl)C1CC1)c1cccc2[nH]ccc12. The Kier molecular flexibility index (Phi) is 3.29. The normalized spacial score (nSPS) is 19.0. The first-order chi connectivity index (χ1) is 8.75. The molecule has 4 heteroatoms. The summed E-state index contributed by atoms with van der Waals surface area (Å²) in [5.41, 5.74) is 1.99. The molecule has 0 amide bonds. The lowest BCUT2D eigenvalue weighted by Gasteiger charge is -2.16. The van der Waals surface area contributed by atoms with Crippen LogP contribution in [0.15, 0.2) is 30.5 Å². The van der Waals surface area contributed by atoms with Crippen LogP contribution < -0.4 is 5.32 Å². The van der Waals surface area contributed by atoms with Crippen molar-refractivity contribution in [3.05, 3.63) is 36.0 Å². The van der Waals surface area contributed by atoms with E-state index in [9.17, 15) is 5.11 Å². The molecule has 18 heavy (non-hydrogen) atoms. The number of nitrogens with one attached hydrogen (secondary N) is 2. The second-order valence-corrected chi connectivity index (χ2v) is 5.42. The lowest BCUT2D eigenvalue weighted by Crippen LogP contribution is -2.30. The van der Waals surface area contributed by atoms with E-state index in [0.29, 0.717) is 12.5 Å². The van der Waals surface area contributed by atoms with Crippen LogP contribution in [0.4, 0.5) is 0 Å². The van der Waals surface area contributed by atoms with Gasteiger partial charge in [0.1, 0.15) is 0 Å². The van der Waals surface area contributed by atoms with E-state index < -0.39 is 6.10 Å². The smallest absolute Gasteiger partial charge is 0.0921 e. The average Bonchev–Trinajstić information content (AvgIpc) is 3.12. The van der Waals surface area contributed by atoms with Crippen LogP contribution in [0.1, 0.15) is 24.5 Å². The number of aliphatic hydroxyl groups is 1. The summed E-state index contributed by atoms with van der Waals surface area (Å²) < 4.78 is 0. The maximum atomic E-state index is 10.3. The Balaban J connectivity index is 1.70. The van der Waals surface area contributed by atoms with Gasteiger partial charge in [0.15, 0.2) is 0 Å². The van der Waals surface area contributed by atoms with Gasteiger partial charge in [-0.05, 0) is 36.5 Å². The molecule has 2 unspecified atom stereocenters. The fourth-order valence-electron chi connectivity index (χ4n) is 2.29. The third-order valence-electron chi connectivity index (χ3n) is 3.53. The summed E-state index contributed by atoms with van der Waals surface area (Å²) in [6, 6.07) is 7.92. The monoisotopic (exact) mass is 264 g/mol. The maximum Gasteiger partial charge on any atom is 0.0921 e. The number of fused-ring (bicyclic) bond motifs is 1. The van der Waals surface area contributed by atoms with E-state index in [1.165, 1.54) is 12.8 Å². The Labute approximate surface area is 111 Å². The number of aromatic nitrogens is 1. The van der Waals surface area contributed by atoms with Gasteiger partial charge in [0.2, 0.25) is 0 Å². The standard InChI is InChI=1S/C14H17ClN2O/c15-14(9-4-5-9)17-8-13(18)11-2-1-3-12-10(11)6-7-16-12/h1-3,6-7,9,13-14,16-18H,4-5,8H2. The lowest BCUT2D eigenvalue weighted by atomic mass is 10.0. The molecule has 0 radical (unpaired) electrons. The van der Waals surface area contributed by atoms with Gasteiger partial charge in [-0.2, -0.15) is 0 Å². The van der Waals surface area contributed by atoms with Gasteiger partial charge < -0.3 is 10.1 Å². The molecule has 1 aromatic carbocycles. The van der Waals surface area contributed by atoms with Crippen molar-refractivity contribution < 1.29 is 5.11 Å². The summed E-state index contributed by atoms with van der Waals surface area (Å²) in [6.45, 7) is 0.495. The van der Waals surface area contributed by atoms with Crippen molar-refractivity contribution in [2.45, 2.75) is 24.4 Å². The summed E-state index contributed by atoms with van der Waals surface area (Å²) in [5, 5.41) is 14.5. The summed E-state index contributed by atoms with van der Waals surface area (Å²) in [7, 11) is 0. The van der Waals surface area contributed by atoms with Crippen LogP contribution in [0.2, 0.25) is 0 Å². The average molecular weight is 265 g/mol. The van der Waals surface area contributed by atoms with Crippen LogP contribution in [-0.2, 0) is 0 Å². The van der Waals surface area contributed by atoms with Gasteiger partial charge in [0.25, 0.3) is 0 Å². The molecule has 1 heterocycles. The van der Waals surface area contributed by atoms with E-state index >= 15 is 0 Å². The van der Waals surface area contributed by atoms with Crippen molar-refractivity contribution >= 4 is 22.5 Å². The number of H-pyrrole nitrogens is 1. The summed E-state index contributed by atoms with van der Waals surface area (Å²) in [6.07, 6.45) is 3.77.